The van der Waals surface area contributed by atoms with Crippen LogP contribution in [-0.4, -0.2) is 5.78 Å². The van der Waals surface area contributed by atoms with Gasteiger partial charge in [-0.15, -0.1) is 0 Å². The van der Waals surface area contributed by atoms with E-state index in [9.17, 15) is 4.79 Å². The Hall–Kier alpha value is -1.63. The molecule has 2 aliphatic rings. The van der Waals surface area contributed by atoms with Crippen LogP contribution in [-0.2, 0) is 11.2 Å². The summed E-state index contributed by atoms with van der Waals surface area (Å²) in [5, 5.41) is 0. The summed E-state index contributed by atoms with van der Waals surface area (Å²) in [4.78, 5) is 11.6. The molecule has 0 saturated heterocycles. The van der Waals surface area contributed by atoms with Crippen molar-refractivity contribution in [2.45, 2.75) is 44.9 Å². The number of carbonyl (C=O) groups excluding carboxylic acids is 1. The Balaban J connectivity index is 1.68. The second kappa shape index (κ2) is 5.56. The molecule has 0 bridgehead atoms. The lowest BCUT2D eigenvalue weighted by molar-refractivity contribution is -0.118. The van der Waals surface area contributed by atoms with Crippen LogP contribution in [0.25, 0.3) is 0 Å². The molecule has 0 atom stereocenters. The van der Waals surface area contributed by atoms with Crippen LogP contribution in [0.4, 0.5) is 0 Å². The van der Waals surface area contributed by atoms with Crippen molar-refractivity contribution in [3.63, 3.8) is 0 Å². The van der Waals surface area contributed by atoms with Crippen molar-refractivity contribution < 1.29 is 4.79 Å². The molecule has 0 radical (unpaired) electrons. The van der Waals surface area contributed by atoms with Gasteiger partial charge in [0.05, 0.1) is 0 Å². The Kier molecular flexibility index (Phi) is 3.63. The normalized spacial score (nSPS) is 19.8. The SMILES string of the molecule is O=C1CCC2=C(CC1)CC(Cc1ccccc1)=CC2. The third-order valence-corrected chi connectivity index (χ3v) is 4.26. The van der Waals surface area contributed by atoms with Gasteiger partial charge in [-0.3, -0.25) is 4.79 Å². The molecule has 98 valence electrons. The van der Waals surface area contributed by atoms with Gasteiger partial charge in [-0.1, -0.05) is 53.1 Å². The van der Waals surface area contributed by atoms with Crippen LogP contribution < -0.4 is 0 Å². The minimum atomic E-state index is 0.444. The lowest BCUT2D eigenvalue weighted by Crippen LogP contribution is -2.02. The summed E-state index contributed by atoms with van der Waals surface area (Å²) in [5.41, 5.74) is 6.02. The highest BCUT2D eigenvalue weighted by Gasteiger charge is 2.19. The van der Waals surface area contributed by atoms with Crippen molar-refractivity contribution in [3.05, 3.63) is 58.7 Å². The summed E-state index contributed by atoms with van der Waals surface area (Å²) in [6, 6.07) is 10.7. The highest BCUT2D eigenvalue weighted by Crippen LogP contribution is 2.34. The number of rotatable bonds is 2. The maximum atomic E-state index is 11.6. The third kappa shape index (κ3) is 3.04. The largest absolute Gasteiger partial charge is 0.300 e. The second-order valence-electron chi connectivity index (χ2n) is 5.65. The van der Waals surface area contributed by atoms with Gasteiger partial charge in [0.25, 0.3) is 0 Å². The topological polar surface area (TPSA) is 17.1 Å². The van der Waals surface area contributed by atoms with Crippen molar-refractivity contribution in [3.8, 4) is 0 Å². The van der Waals surface area contributed by atoms with Crippen LogP contribution in [0.1, 0.15) is 44.1 Å². The molecule has 0 saturated carbocycles. The van der Waals surface area contributed by atoms with E-state index in [4.69, 9.17) is 0 Å². The maximum Gasteiger partial charge on any atom is 0.133 e. The first kappa shape index (κ1) is 12.4. The fraction of sp³-hybridized carbons (Fsp3) is 0.389. The van der Waals surface area contributed by atoms with E-state index in [-0.39, 0.29) is 0 Å². The van der Waals surface area contributed by atoms with E-state index in [2.05, 4.69) is 36.4 Å². The van der Waals surface area contributed by atoms with E-state index in [0.717, 1.165) is 44.9 Å². The summed E-state index contributed by atoms with van der Waals surface area (Å²) in [6.45, 7) is 0. The quantitative estimate of drug-likeness (QED) is 0.713. The van der Waals surface area contributed by atoms with E-state index in [0.29, 0.717) is 5.78 Å². The van der Waals surface area contributed by atoms with Crippen molar-refractivity contribution in [1.29, 1.82) is 0 Å². The lowest BCUT2D eigenvalue weighted by Gasteiger charge is -2.19. The lowest BCUT2D eigenvalue weighted by atomic mass is 9.86. The first-order chi connectivity index (χ1) is 9.31. The standard InChI is InChI=1S/C18H20O/c19-18-10-8-16-7-6-15(13-17(16)9-11-18)12-14-4-2-1-3-5-14/h1-6H,7-13H2. The van der Waals surface area contributed by atoms with Crippen molar-refractivity contribution in [1.82, 2.24) is 0 Å². The molecule has 1 nitrogen and oxygen atoms in total. The van der Waals surface area contributed by atoms with Gasteiger partial charge in [0.1, 0.15) is 5.78 Å². The number of hydrogen-bond acceptors (Lipinski definition) is 1. The Labute approximate surface area is 115 Å². The summed E-state index contributed by atoms with van der Waals surface area (Å²) in [7, 11) is 0. The number of ketones is 1. The van der Waals surface area contributed by atoms with Gasteiger partial charge in [0, 0.05) is 12.8 Å². The molecule has 0 aliphatic heterocycles. The Morgan fingerprint density at radius 3 is 2.42 bits per heavy atom. The number of benzene rings is 1. The van der Waals surface area contributed by atoms with Gasteiger partial charge in [0.15, 0.2) is 0 Å². The minimum Gasteiger partial charge on any atom is -0.300 e. The predicted octanol–water partition coefficient (Wildman–Crippen LogP) is 4.39. The Morgan fingerprint density at radius 2 is 1.63 bits per heavy atom. The molecule has 0 fully saturated rings. The predicted molar refractivity (Wildman–Crippen MR) is 78.0 cm³/mol. The average molecular weight is 252 g/mol. The van der Waals surface area contributed by atoms with E-state index >= 15 is 0 Å². The number of carbonyl (C=O) groups is 1. The molecule has 0 N–H and O–H groups in total. The monoisotopic (exact) mass is 252 g/mol. The fourth-order valence-electron chi connectivity index (χ4n) is 3.13. The van der Waals surface area contributed by atoms with E-state index < -0.39 is 0 Å². The molecule has 0 aromatic heterocycles. The van der Waals surface area contributed by atoms with Gasteiger partial charge < -0.3 is 0 Å². The molecule has 1 aromatic rings. The first-order valence-electron chi connectivity index (χ1n) is 7.24. The number of Topliss-reactive ketones (excluding diaryl/α,β-unsaturated/α-hetero) is 1. The molecule has 1 heteroatoms. The van der Waals surface area contributed by atoms with Gasteiger partial charge in [-0.05, 0) is 37.7 Å². The second-order valence-corrected chi connectivity index (χ2v) is 5.65. The zero-order chi connectivity index (χ0) is 13.1. The van der Waals surface area contributed by atoms with Gasteiger partial charge in [0.2, 0.25) is 0 Å². The van der Waals surface area contributed by atoms with Gasteiger partial charge >= 0.3 is 0 Å². The summed E-state index contributed by atoms with van der Waals surface area (Å²) in [5.74, 6) is 0.444. The average Bonchev–Trinajstić information content (AvgIpc) is 2.62. The molecule has 0 heterocycles. The zero-order valence-electron chi connectivity index (χ0n) is 11.3. The van der Waals surface area contributed by atoms with Crippen LogP contribution in [0.5, 0.6) is 0 Å². The van der Waals surface area contributed by atoms with Crippen molar-refractivity contribution in [2.24, 2.45) is 0 Å². The minimum absolute atomic E-state index is 0.444. The number of hydrogen-bond donors (Lipinski definition) is 0. The van der Waals surface area contributed by atoms with Gasteiger partial charge in [-0.25, -0.2) is 0 Å². The van der Waals surface area contributed by atoms with Crippen LogP contribution in [0.2, 0.25) is 0 Å². The van der Waals surface area contributed by atoms with Crippen molar-refractivity contribution >= 4 is 5.78 Å². The molecule has 0 amide bonds. The van der Waals surface area contributed by atoms with Crippen LogP contribution >= 0.6 is 0 Å². The number of allylic oxidation sites excluding steroid dienone is 4. The zero-order valence-corrected chi connectivity index (χ0v) is 11.3. The summed E-state index contributed by atoms with van der Waals surface area (Å²) >= 11 is 0. The molecule has 0 spiro atoms. The molecule has 19 heavy (non-hydrogen) atoms. The molecule has 1 aromatic carbocycles. The van der Waals surface area contributed by atoms with Gasteiger partial charge in [-0.2, -0.15) is 0 Å². The Bertz CT molecular complexity index is 534. The highest BCUT2D eigenvalue weighted by atomic mass is 16.1. The van der Waals surface area contributed by atoms with E-state index in [1.807, 2.05) is 0 Å². The van der Waals surface area contributed by atoms with Crippen LogP contribution in [0.3, 0.4) is 0 Å². The first-order valence-corrected chi connectivity index (χ1v) is 7.24. The molecular formula is C18H20O. The summed E-state index contributed by atoms with van der Waals surface area (Å²) < 4.78 is 0. The summed E-state index contributed by atoms with van der Waals surface area (Å²) in [6.07, 6.45) is 9.15. The van der Waals surface area contributed by atoms with Crippen LogP contribution in [0, 0.1) is 0 Å². The Morgan fingerprint density at radius 1 is 0.895 bits per heavy atom. The molecule has 0 unspecified atom stereocenters. The van der Waals surface area contributed by atoms with E-state index in [1.165, 1.54) is 11.1 Å². The smallest absolute Gasteiger partial charge is 0.133 e. The molecule has 3 rings (SSSR count). The fourth-order valence-corrected chi connectivity index (χ4v) is 3.13. The third-order valence-electron chi connectivity index (χ3n) is 4.26. The highest BCUT2D eigenvalue weighted by molar-refractivity contribution is 5.79. The maximum absolute atomic E-state index is 11.6. The molecule has 2 aliphatic carbocycles. The van der Waals surface area contributed by atoms with E-state index in [1.54, 1.807) is 11.1 Å². The molecular weight excluding hydrogens is 232 g/mol. The van der Waals surface area contributed by atoms with Crippen LogP contribution in [0.15, 0.2) is 53.1 Å². The van der Waals surface area contributed by atoms with Crippen molar-refractivity contribution in [2.75, 3.05) is 0 Å².